The van der Waals surface area contributed by atoms with Crippen LogP contribution in [0.5, 0.6) is 0 Å². The topological polar surface area (TPSA) is 191 Å². The van der Waals surface area contributed by atoms with Gasteiger partial charge in [0.2, 0.25) is 29.5 Å². The Morgan fingerprint density at radius 1 is 0.864 bits per heavy atom. The average Bonchev–Trinajstić information content (AvgIpc) is 4.00. The smallest absolute Gasteiger partial charge is 0.407 e. The number of methoxy groups -OCH3 is 2. The molecular weight excluding hydrogens is 863 g/mol. The number of nitrogens with zero attached hydrogens (tertiary/aromatic N) is 5. The Morgan fingerprint density at radius 2 is 1.52 bits per heavy atom. The van der Waals surface area contributed by atoms with E-state index in [1.54, 1.807) is 44.0 Å². The van der Waals surface area contributed by atoms with E-state index in [1.165, 1.54) is 37.4 Å². The summed E-state index contributed by atoms with van der Waals surface area (Å²) in [6, 6.07) is 5.64. The molecule has 0 bridgehead atoms. The van der Waals surface area contributed by atoms with Crippen molar-refractivity contribution >= 4 is 47.0 Å². The molecule has 6 amide bonds. The number of hydrogen-bond donors (Lipinski definition) is 3. The van der Waals surface area contributed by atoms with E-state index in [-0.39, 0.29) is 66.3 Å². The maximum Gasteiger partial charge on any atom is 0.407 e. The van der Waals surface area contributed by atoms with Gasteiger partial charge in [-0.3, -0.25) is 28.9 Å². The first-order chi connectivity index (χ1) is 31.1. The minimum absolute atomic E-state index is 0.00320. The fraction of sp³-hybridized carbons (Fsp3) is 0.694. The largest absolute Gasteiger partial charge is 0.465 e. The van der Waals surface area contributed by atoms with Crippen molar-refractivity contribution in [3.63, 3.8) is 0 Å². The molecule has 2 aromatic rings. The van der Waals surface area contributed by atoms with Crippen molar-refractivity contribution in [3.05, 3.63) is 52.5 Å². The van der Waals surface area contributed by atoms with Gasteiger partial charge in [-0.25, -0.2) is 9.78 Å². The van der Waals surface area contributed by atoms with E-state index >= 15 is 0 Å². The molecule has 17 heteroatoms. The summed E-state index contributed by atoms with van der Waals surface area (Å²) in [5.41, 5.74) is 1.07. The Morgan fingerprint density at radius 3 is 2.03 bits per heavy atom. The lowest BCUT2D eigenvalue weighted by Crippen LogP contribution is -2.61. The van der Waals surface area contributed by atoms with Gasteiger partial charge in [-0.05, 0) is 54.9 Å². The number of nitrogens with one attached hydrogen (secondary N) is 2. The number of aromatic nitrogens is 1. The first kappa shape index (κ1) is 55.7. The number of amides is 6. The Kier molecular flexibility index (Phi) is 22.0. The van der Waals surface area contributed by atoms with Gasteiger partial charge in [0.05, 0.1) is 42.7 Å². The third kappa shape index (κ3) is 14.4. The molecular formula is C49H79N7O9S. The van der Waals surface area contributed by atoms with E-state index < -0.39 is 60.2 Å². The fourth-order valence-electron chi connectivity index (χ4n) is 9.34. The number of likely N-dealkylation sites (N-methyl/N-ethyl adjacent to an activating group) is 3. The quantitative estimate of drug-likeness (QED) is 0.105. The van der Waals surface area contributed by atoms with Gasteiger partial charge in [-0.2, -0.15) is 0 Å². The van der Waals surface area contributed by atoms with Crippen LogP contribution < -0.4 is 10.6 Å². The van der Waals surface area contributed by atoms with Crippen molar-refractivity contribution in [1.29, 1.82) is 0 Å². The molecule has 16 nitrogen and oxygen atoms in total. The third-order valence-electron chi connectivity index (χ3n) is 13.3. The number of likely N-dealkylation sites (tertiary alicyclic amines) is 1. The second kappa shape index (κ2) is 26.1. The van der Waals surface area contributed by atoms with Crippen LogP contribution in [0.1, 0.15) is 111 Å². The number of carbonyl (C=O) groups is 6. The van der Waals surface area contributed by atoms with Crippen molar-refractivity contribution in [2.24, 2.45) is 29.6 Å². The van der Waals surface area contributed by atoms with E-state index in [9.17, 15) is 33.9 Å². The summed E-state index contributed by atoms with van der Waals surface area (Å²) in [6.45, 7) is 17.4. The predicted molar refractivity (Wildman–Crippen MR) is 256 cm³/mol. The van der Waals surface area contributed by atoms with Crippen molar-refractivity contribution in [2.75, 3.05) is 41.9 Å². The second-order valence-corrected chi connectivity index (χ2v) is 20.0. The van der Waals surface area contributed by atoms with Crippen molar-refractivity contribution in [2.45, 2.75) is 149 Å². The van der Waals surface area contributed by atoms with Crippen LogP contribution in [0.15, 0.2) is 41.9 Å². The Hall–Kier alpha value is -4.61. The maximum atomic E-state index is 14.7. The molecule has 370 valence electrons. The summed E-state index contributed by atoms with van der Waals surface area (Å²) >= 11 is 1.48. The van der Waals surface area contributed by atoms with Crippen LogP contribution in [-0.4, -0.2) is 150 Å². The molecule has 0 unspecified atom stereocenters. The first-order valence-corrected chi connectivity index (χ1v) is 24.4. The molecule has 66 heavy (non-hydrogen) atoms. The SMILES string of the molecule is CC[C@H](C)[C@@H]([C@@H](CC(=O)N1CCC[C@H]1[C@H](OC)[C@@H](C)C(=O)N[C@@H](Cc1ccccc1)c1nccs1)OC)N(C)C(=O)[C@@H](NC(=O)[C@H](C(C)C)N(C)C(=O)[C@H](CC(C)C)N(C)C(=O)O)C(C)C. The zero-order valence-corrected chi connectivity index (χ0v) is 42.7. The Balaban J connectivity index is 1.83. The lowest BCUT2D eigenvalue weighted by Gasteiger charge is -2.41. The summed E-state index contributed by atoms with van der Waals surface area (Å²) in [7, 11) is 7.61. The van der Waals surface area contributed by atoms with Crippen LogP contribution in [0.4, 0.5) is 4.79 Å². The number of carboxylic acid groups (broad SMARTS) is 1. The Bertz CT molecular complexity index is 1870. The molecule has 3 rings (SSSR count). The zero-order chi connectivity index (χ0) is 49.6. The molecule has 1 fully saturated rings. The zero-order valence-electron chi connectivity index (χ0n) is 41.9. The number of carbonyl (C=O) groups excluding carboxylic acids is 5. The number of ether oxygens (including phenoxy) is 2. The molecule has 10 atom stereocenters. The maximum absolute atomic E-state index is 14.7. The molecule has 1 saturated heterocycles. The van der Waals surface area contributed by atoms with Gasteiger partial charge < -0.3 is 39.9 Å². The highest BCUT2D eigenvalue weighted by atomic mass is 32.1. The highest BCUT2D eigenvalue weighted by molar-refractivity contribution is 7.09. The molecule has 0 radical (unpaired) electrons. The molecule has 1 aromatic carbocycles. The fourth-order valence-corrected chi connectivity index (χ4v) is 10.0. The lowest BCUT2D eigenvalue weighted by molar-refractivity contribution is -0.149. The van der Waals surface area contributed by atoms with Gasteiger partial charge in [-0.1, -0.05) is 99.1 Å². The van der Waals surface area contributed by atoms with Crippen LogP contribution >= 0.6 is 11.3 Å². The standard InChI is InChI=1S/C49H79N7O9S/c1-15-32(8)42(55(12)48(61)40(30(4)5)52-45(59)41(31(6)7)54(11)47(60)37(26-29(2)3)53(10)49(62)63)38(64-13)28-39(57)56-24-19-22-36(56)43(65-14)33(9)44(58)51-35(46-50-23-25-66-46)27-34-20-17-16-18-21-34/h16-18,20-21,23,25,29-33,35-38,40-43H,15,19,22,24,26-28H2,1-14H3,(H,51,58)(H,52,59)(H,62,63)/t32-,33+,35-,36-,37-,38+,40-,41-,42-,43+/m0/s1. The summed E-state index contributed by atoms with van der Waals surface area (Å²) in [5.74, 6) is -3.27. The van der Waals surface area contributed by atoms with Gasteiger partial charge in [0.15, 0.2) is 0 Å². The Labute approximate surface area is 397 Å². The number of thiazole rings is 1. The average molecular weight is 942 g/mol. The molecule has 0 saturated carbocycles. The molecule has 3 N–H and O–H groups in total. The molecule has 0 spiro atoms. The van der Waals surface area contributed by atoms with E-state index in [4.69, 9.17) is 9.47 Å². The van der Waals surface area contributed by atoms with Gasteiger partial charge in [-0.15, -0.1) is 11.3 Å². The van der Waals surface area contributed by atoms with Crippen molar-refractivity contribution in [3.8, 4) is 0 Å². The van der Waals surface area contributed by atoms with Gasteiger partial charge in [0.25, 0.3) is 0 Å². The lowest BCUT2D eigenvalue weighted by atomic mass is 9.89. The highest BCUT2D eigenvalue weighted by Gasteiger charge is 2.44. The van der Waals surface area contributed by atoms with Crippen LogP contribution in [0.3, 0.4) is 0 Å². The summed E-state index contributed by atoms with van der Waals surface area (Å²) in [5, 5.41) is 18.6. The molecule has 1 aromatic heterocycles. The molecule has 2 heterocycles. The molecule has 1 aliphatic heterocycles. The number of benzene rings is 1. The van der Waals surface area contributed by atoms with Gasteiger partial charge >= 0.3 is 6.09 Å². The second-order valence-electron chi connectivity index (χ2n) is 19.1. The third-order valence-corrected chi connectivity index (χ3v) is 14.1. The van der Waals surface area contributed by atoms with Crippen molar-refractivity contribution < 1.29 is 43.3 Å². The summed E-state index contributed by atoms with van der Waals surface area (Å²) in [4.78, 5) is 93.4. The number of hydrogen-bond acceptors (Lipinski definition) is 10. The summed E-state index contributed by atoms with van der Waals surface area (Å²) in [6.07, 6.45) is 1.99. The van der Waals surface area contributed by atoms with Gasteiger partial charge in [0, 0.05) is 53.5 Å². The van der Waals surface area contributed by atoms with E-state index in [2.05, 4.69) is 15.6 Å². The van der Waals surface area contributed by atoms with Crippen molar-refractivity contribution in [1.82, 2.24) is 35.2 Å². The monoisotopic (exact) mass is 942 g/mol. The minimum atomic E-state index is -1.25. The van der Waals surface area contributed by atoms with E-state index in [0.717, 1.165) is 21.9 Å². The van der Waals surface area contributed by atoms with Crippen LogP contribution in [0.25, 0.3) is 0 Å². The van der Waals surface area contributed by atoms with E-state index in [0.29, 0.717) is 25.8 Å². The minimum Gasteiger partial charge on any atom is -0.465 e. The molecule has 0 aliphatic carbocycles. The highest BCUT2D eigenvalue weighted by Crippen LogP contribution is 2.31. The number of rotatable bonds is 25. The van der Waals surface area contributed by atoms with Gasteiger partial charge in [0.1, 0.15) is 23.1 Å². The van der Waals surface area contributed by atoms with Crippen LogP contribution in [0, 0.1) is 29.6 Å². The van der Waals surface area contributed by atoms with E-state index in [1.807, 2.05) is 84.2 Å². The van der Waals surface area contributed by atoms with Crippen LogP contribution in [0.2, 0.25) is 0 Å². The normalized spacial score (nSPS) is 18.1. The van der Waals surface area contributed by atoms with Crippen LogP contribution in [-0.2, 0) is 39.9 Å². The first-order valence-electron chi connectivity index (χ1n) is 23.5. The predicted octanol–water partition coefficient (Wildman–Crippen LogP) is 6.11. The summed E-state index contributed by atoms with van der Waals surface area (Å²) < 4.78 is 12.1. The molecule has 1 aliphatic rings.